The van der Waals surface area contributed by atoms with Gasteiger partial charge in [-0.25, -0.2) is 0 Å². The van der Waals surface area contributed by atoms with Crippen LogP contribution in [0.3, 0.4) is 0 Å². The SMILES string of the molecule is CCCCCCCC(C)NCCCCCCSC. The summed E-state index contributed by atoms with van der Waals surface area (Å²) in [4.78, 5) is 0. The first kappa shape index (κ1) is 18.3. The Hall–Kier alpha value is 0.310. The predicted octanol–water partition coefficient (Wildman–Crippen LogP) is 5.25. The van der Waals surface area contributed by atoms with Crippen LogP contribution in [0.25, 0.3) is 0 Å². The summed E-state index contributed by atoms with van der Waals surface area (Å²) in [6, 6.07) is 0.720. The minimum atomic E-state index is 0.720. The van der Waals surface area contributed by atoms with Crippen molar-refractivity contribution in [3.8, 4) is 0 Å². The van der Waals surface area contributed by atoms with Crippen LogP contribution >= 0.6 is 11.8 Å². The molecule has 2 heteroatoms. The summed E-state index contributed by atoms with van der Waals surface area (Å²) < 4.78 is 0. The average molecular weight is 274 g/mol. The number of hydrogen-bond donors (Lipinski definition) is 1. The Morgan fingerprint density at radius 1 is 0.889 bits per heavy atom. The van der Waals surface area contributed by atoms with Crippen molar-refractivity contribution in [3.63, 3.8) is 0 Å². The van der Waals surface area contributed by atoms with Crippen molar-refractivity contribution in [1.82, 2.24) is 5.32 Å². The maximum atomic E-state index is 3.66. The van der Waals surface area contributed by atoms with E-state index in [9.17, 15) is 0 Å². The van der Waals surface area contributed by atoms with Crippen molar-refractivity contribution >= 4 is 11.8 Å². The number of unbranched alkanes of at least 4 members (excludes halogenated alkanes) is 7. The summed E-state index contributed by atoms with van der Waals surface area (Å²) in [6.07, 6.45) is 16.1. The molecule has 0 aliphatic rings. The summed E-state index contributed by atoms with van der Waals surface area (Å²) in [7, 11) is 0. The second-order valence-electron chi connectivity index (χ2n) is 5.47. The lowest BCUT2D eigenvalue weighted by molar-refractivity contribution is 0.469. The van der Waals surface area contributed by atoms with Gasteiger partial charge in [0.15, 0.2) is 0 Å². The molecule has 0 aliphatic heterocycles. The van der Waals surface area contributed by atoms with Crippen LogP contribution in [-0.4, -0.2) is 24.6 Å². The molecule has 0 radical (unpaired) electrons. The minimum absolute atomic E-state index is 0.720. The Labute approximate surface area is 120 Å². The summed E-state index contributed by atoms with van der Waals surface area (Å²) in [5.41, 5.74) is 0. The third-order valence-corrected chi connectivity index (χ3v) is 4.21. The number of nitrogens with one attached hydrogen (secondary N) is 1. The molecule has 0 fully saturated rings. The first-order chi connectivity index (χ1) is 8.81. The Morgan fingerprint density at radius 2 is 1.56 bits per heavy atom. The molecule has 110 valence electrons. The second kappa shape index (κ2) is 15.4. The molecule has 0 aromatic heterocycles. The van der Waals surface area contributed by atoms with Crippen LogP contribution in [-0.2, 0) is 0 Å². The van der Waals surface area contributed by atoms with Gasteiger partial charge in [-0.3, -0.25) is 0 Å². The minimum Gasteiger partial charge on any atom is -0.314 e. The van der Waals surface area contributed by atoms with Crippen LogP contribution in [0.4, 0.5) is 0 Å². The summed E-state index contributed by atoms with van der Waals surface area (Å²) in [5, 5.41) is 3.66. The van der Waals surface area contributed by atoms with Crippen molar-refractivity contribution in [2.45, 2.75) is 84.1 Å². The molecule has 0 amide bonds. The van der Waals surface area contributed by atoms with Gasteiger partial charge >= 0.3 is 0 Å². The standard InChI is InChI=1S/C16H35NS/c1-4-5-6-7-10-13-16(2)17-14-11-8-9-12-15-18-3/h16-17H,4-15H2,1-3H3. The maximum absolute atomic E-state index is 3.66. The Bertz CT molecular complexity index is 150. The Morgan fingerprint density at radius 3 is 2.28 bits per heavy atom. The van der Waals surface area contributed by atoms with Crippen molar-refractivity contribution in [3.05, 3.63) is 0 Å². The van der Waals surface area contributed by atoms with Gasteiger partial charge in [0.1, 0.15) is 0 Å². The van der Waals surface area contributed by atoms with E-state index in [1.807, 2.05) is 11.8 Å². The summed E-state index contributed by atoms with van der Waals surface area (Å²) in [5.74, 6) is 1.33. The molecule has 0 bridgehead atoms. The fraction of sp³-hybridized carbons (Fsp3) is 1.00. The molecule has 0 heterocycles. The molecule has 0 spiro atoms. The van der Waals surface area contributed by atoms with E-state index in [-0.39, 0.29) is 0 Å². The van der Waals surface area contributed by atoms with E-state index in [0.717, 1.165) is 6.04 Å². The van der Waals surface area contributed by atoms with E-state index in [0.29, 0.717) is 0 Å². The third kappa shape index (κ3) is 14.4. The number of rotatable bonds is 14. The number of hydrogen-bond acceptors (Lipinski definition) is 2. The predicted molar refractivity (Wildman–Crippen MR) is 87.7 cm³/mol. The molecule has 0 rings (SSSR count). The van der Waals surface area contributed by atoms with E-state index in [2.05, 4.69) is 25.4 Å². The van der Waals surface area contributed by atoms with Crippen molar-refractivity contribution in [1.29, 1.82) is 0 Å². The Balaban J connectivity index is 3.09. The van der Waals surface area contributed by atoms with Crippen molar-refractivity contribution in [2.24, 2.45) is 0 Å². The van der Waals surface area contributed by atoms with Crippen LogP contribution in [0.15, 0.2) is 0 Å². The smallest absolute Gasteiger partial charge is 0.00387 e. The highest BCUT2D eigenvalue weighted by Crippen LogP contribution is 2.07. The van der Waals surface area contributed by atoms with Crippen LogP contribution in [0.5, 0.6) is 0 Å². The molecule has 1 N–H and O–H groups in total. The molecule has 0 saturated carbocycles. The summed E-state index contributed by atoms with van der Waals surface area (Å²) in [6.45, 7) is 5.84. The van der Waals surface area contributed by atoms with Gasteiger partial charge in [-0.2, -0.15) is 11.8 Å². The lowest BCUT2D eigenvalue weighted by Crippen LogP contribution is -2.26. The van der Waals surface area contributed by atoms with E-state index < -0.39 is 0 Å². The van der Waals surface area contributed by atoms with E-state index in [4.69, 9.17) is 0 Å². The first-order valence-corrected chi connectivity index (χ1v) is 9.43. The largest absolute Gasteiger partial charge is 0.314 e. The molecule has 0 aromatic carbocycles. The van der Waals surface area contributed by atoms with Crippen molar-refractivity contribution < 1.29 is 0 Å². The van der Waals surface area contributed by atoms with Gasteiger partial charge < -0.3 is 5.32 Å². The molecule has 1 nitrogen and oxygen atoms in total. The van der Waals surface area contributed by atoms with Gasteiger partial charge in [0.2, 0.25) is 0 Å². The number of thioether (sulfide) groups is 1. The van der Waals surface area contributed by atoms with Gasteiger partial charge in [0.05, 0.1) is 0 Å². The van der Waals surface area contributed by atoms with Gasteiger partial charge in [-0.15, -0.1) is 0 Å². The first-order valence-electron chi connectivity index (χ1n) is 8.03. The second-order valence-corrected chi connectivity index (χ2v) is 6.45. The molecule has 18 heavy (non-hydrogen) atoms. The fourth-order valence-corrected chi connectivity index (χ4v) is 2.72. The van der Waals surface area contributed by atoms with Gasteiger partial charge in [0.25, 0.3) is 0 Å². The van der Waals surface area contributed by atoms with Gasteiger partial charge in [-0.1, -0.05) is 51.9 Å². The van der Waals surface area contributed by atoms with E-state index in [1.54, 1.807) is 0 Å². The average Bonchev–Trinajstić information content (AvgIpc) is 2.37. The van der Waals surface area contributed by atoms with E-state index in [1.165, 1.54) is 76.5 Å². The molecular weight excluding hydrogens is 238 g/mol. The highest BCUT2D eigenvalue weighted by atomic mass is 32.2. The van der Waals surface area contributed by atoms with E-state index >= 15 is 0 Å². The fourth-order valence-electron chi connectivity index (χ4n) is 2.23. The third-order valence-electron chi connectivity index (χ3n) is 3.51. The molecule has 1 unspecified atom stereocenters. The highest BCUT2D eigenvalue weighted by Gasteiger charge is 2.00. The highest BCUT2D eigenvalue weighted by molar-refractivity contribution is 7.98. The Kier molecular flexibility index (Phi) is 15.6. The maximum Gasteiger partial charge on any atom is 0.00387 e. The quantitative estimate of drug-likeness (QED) is 0.434. The van der Waals surface area contributed by atoms with Gasteiger partial charge in [0, 0.05) is 6.04 Å². The van der Waals surface area contributed by atoms with Crippen LogP contribution in [0.1, 0.15) is 78.1 Å². The monoisotopic (exact) mass is 273 g/mol. The molecular formula is C16H35NS. The lowest BCUT2D eigenvalue weighted by Gasteiger charge is -2.13. The zero-order valence-corrected chi connectivity index (χ0v) is 13.8. The van der Waals surface area contributed by atoms with Crippen LogP contribution in [0.2, 0.25) is 0 Å². The molecule has 0 aromatic rings. The zero-order valence-electron chi connectivity index (χ0n) is 13.0. The molecule has 1 atom stereocenters. The van der Waals surface area contributed by atoms with Crippen LogP contribution < -0.4 is 5.32 Å². The summed E-state index contributed by atoms with van der Waals surface area (Å²) >= 11 is 1.97. The molecule has 0 aliphatic carbocycles. The van der Waals surface area contributed by atoms with Crippen LogP contribution in [0, 0.1) is 0 Å². The lowest BCUT2D eigenvalue weighted by atomic mass is 10.1. The zero-order chi connectivity index (χ0) is 13.5. The van der Waals surface area contributed by atoms with Gasteiger partial charge in [-0.05, 0) is 44.7 Å². The molecule has 0 saturated heterocycles. The normalized spacial score (nSPS) is 12.8. The van der Waals surface area contributed by atoms with Crippen molar-refractivity contribution in [2.75, 3.05) is 18.6 Å². The topological polar surface area (TPSA) is 12.0 Å².